The molecular formula is C20H17N5O2S. The summed E-state index contributed by atoms with van der Waals surface area (Å²) in [6, 6.07) is 13.1. The summed E-state index contributed by atoms with van der Waals surface area (Å²) in [5, 5.41) is 0.945. The highest BCUT2D eigenvalue weighted by Gasteiger charge is 2.18. The number of benzene rings is 1. The first-order valence-corrected chi connectivity index (χ1v) is 9.96. The summed E-state index contributed by atoms with van der Waals surface area (Å²) in [4.78, 5) is 12.5. The van der Waals surface area contributed by atoms with Gasteiger partial charge in [-0.2, -0.15) is 0 Å². The van der Waals surface area contributed by atoms with Crippen molar-refractivity contribution in [3.05, 3.63) is 67.3 Å². The van der Waals surface area contributed by atoms with Gasteiger partial charge in [-0.25, -0.2) is 18.1 Å². The van der Waals surface area contributed by atoms with Crippen molar-refractivity contribution in [2.24, 2.45) is 0 Å². The number of rotatable bonds is 4. The number of nitrogens with one attached hydrogen (secondary N) is 1. The number of nitrogen functional groups attached to an aromatic ring is 1. The van der Waals surface area contributed by atoms with E-state index in [1.54, 1.807) is 24.8 Å². The summed E-state index contributed by atoms with van der Waals surface area (Å²) in [6.07, 6.45) is 6.81. The van der Waals surface area contributed by atoms with Crippen molar-refractivity contribution >= 4 is 26.7 Å². The highest BCUT2D eigenvalue weighted by atomic mass is 32.2. The van der Waals surface area contributed by atoms with Gasteiger partial charge in [-0.1, -0.05) is 6.07 Å². The van der Waals surface area contributed by atoms with Gasteiger partial charge in [0, 0.05) is 35.7 Å². The highest BCUT2D eigenvalue weighted by Crippen LogP contribution is 2.32. The highest BCUT2D eigenvalue weighted by molar-refractivity contribution is 7.89. The molecule has 7 nitrogen and oxygen atoms in total. The number of nitrogens with two attached hydrogens (primary N) is 1. The Kier molecular flexibility index (Phi) is 4.50. The molecule has 3 N–H and O–H groups in total. The second kappa shape index (κ2) is 6.99. The van der Waals surface area contributed by atoms with Crippen molar-refractivity contribution in [2.45, 2.75) is 4.90 Å². The molecule has 0 aliphatic rings. The minimum atomic E-state index is -3.71. The number of sulfonamides is 1. The van der Waals surface area contributed by atoms with Crippen molar-refractivity contribution in [1.82, 2.24) is 19.7 Å². The van der Waals surface area contributed by atoms with E-state index < -0.39 is 10.0 Å². The number of hydrogen-bond donors (Lipinski definition) is 2. The van der Waals surface area contributed by atoms with Crippen molar-refractivity contribution in [3.8, 4) is 22.3 Å². The number of hydrogen-bond acceptors (Lipinski definition) is 6. The van der Waals surface area contributed by atoms with Crippen molar-refractivity contribution in [3.63, 3.8) is 0 Å². The molecular weight excluding hydrogens is 374 g/mol. The van der Waals surface area contributed by atoms with Crippen molar-refractivity contribution in [1.29, 1.82) is 0 Å². The standard InChI is InChI=1S/C20H17N5O2S/c1-22-28(26,27)19-11-15(12-25-20(19)21)14-2-3-18-17(10-14)16(6-9-24-18)13-4-7-23-8-5-13/h2-12,22H,1H3,(H2,21,25). The molecule has 0 amide bonds. The SMILES string of the molecule is CNS(=O)(=O)c1cc(-c2ccc3nccc(-c4ccncc4)c3c2)cnc1N. The van der Waals surface area contributed by atoms with Crippen LogP contribution < -0.4 is 10.5 Å². The van der Waals surface area contributed by atoms with E-state index in [2.05, 4.69) is 19.7 Å². The molecule has 28 heavy (non-hydrogen) atoms. The maximum Gasteiger partial charge on any atom is 0.243 e. The van der Waals surface area contributed by atoms with Gasteiger partial charge in [-0.05, 0) is 60.1 Å². The molecule has 4 aromatic rings. The topological polar surface area (TPSA) is 111 Å². The Balaban J connectivity index is 1.91. The van der Waals surface area contributed by atoms with Gasteiger partial charge in [0.05, 0.1) is 5.52 Å². The molecule has 8 heteroatoms. The van der Waals surface area contributed by atoms with Gasteiger partial charge < -0.3 is 5.73 Å². The van der Waals surface area contributed by atoms with Gasteiger partial charge in [0.2, 0.25) is 10.0 Å². The van der Waals surface area contributed by atoms with Crippen LogP contribution in [0.4, 0.5) is 5.82 Å². The van der Waals surface area contributed by atoms with Crippen LogP contribution >= 0.6 is 0 Å². The Bertz CT molecular complexity index is 1270. The number of anilines is 1. The number of nitrogens with zero attached hydrogens (tertiary/aromatic N) is 3. The minimum absolute atomic E-state index is 0.0435. The molecule has 4 rings (SSSR count). The fourth-order valence-corrected chi connectivity index (χ4v) is 3.88. The summed E-state index contributed by atoms with van der Waals surface area (Å²) < 4.78 is 26.7. The number of aromatic nitrogens is 3. The zero-order chi connectivity index (χ0) is 19.7. The lowest BCUT2D eigenvalue weighted by molar-refractivity contribution is 0.588. The number of fused-ring (bicyclic) bond motifs is 1. The molecule has 0 fully saturated rings. The van der Waals surface area contributed by atoms with Gasteiger partial charge in [0.1, 0.15) is 10.7 Å². The molecule has 0 aliphatic carbocycles. The first-order chi connectivity index (χ1) is 13.5. The molecule has 0 atom stereocenters. The summed E-state index contributed by atoms with van der Waals surface area (Å²) in [5.41, 5.74) is 10.1. The monoisotopic (exact) mass is 391 g/mol. The number of pyridine rings is 3. The first kappa shape index (κ1) is 18.0. The lowest BCUT2D eigenvalue weighted by Gasteiger charge is -2.11. The molecule has 0 aliphatic heterocycles. The van der Waals surface area contributed by atoms with Gasteiger partial charge in [0.15, 0.2) is 0 Å². The smallest absolute Gasteiger partial charge is 0.243 e. The van der Waals surface area contributed by atoms with Crippen molar-refractivity contribution < 1.29 is 8.42 Å². The van der Waals surface area contributed by atoms with Crippen LogP contribution in [0.2, 0.25) is 0 Å². The average molecular weight is 391 g/mol. The molecule has 0 unspecified atom stereocenters. The van der Waals surface area contributed by atoms with E-state index in [9.17, 15) is 8.42 Å². The molecule has 1 aromatic carbocycles. The summed E-state index contributed by atoms with van der Waals surface area (Å²) in [6.45, 7) is 0. The Morgan fingerprint density at radius 2 is 1.68 bits per heavy atom. The molecule has 3 heterocycles. The lowest BCUT2D eigenvalue weighted by Crippen LogP contribution is -2.20. The fraction of sp³-hybridized carbons (Fsp3) is 0.0500. The van der Waals surface area contributed by atoms with E-state index in [0.29, 0.717) is 5.56 Å². The van der Waals surface area contributed by atoms with E-state index in [1.807, 2.05) is 36.4 Å². The molecule has 0 spiro atoms. The van der Waals surface area contributed by atoms with Crippen molar-refractivity contribution in [2.75, 3.05) is 12.8 Å². The molecule has 0 saturated carbocycles. The van der Waals surface area contributed by atoms with Crippen LogP contribution in [0.3, 0.4) is 0 Å². The van der Waals surface area contributed by atoms with E-state index in [0.717, 1.165) is 27.6 Å². The fourth-order valence-electron chi connectivity index (χ4n) is 3.05. The maximum absolute atomic E-state index is 12.2. The largest absolute Gasteiger partial charge is 0.383 e. The van der Waals surface area contributed by atoms with E-state index >= 15 is 0 Å². The summed E-state index contributed by atoms with van der Waals surface area (Å²) >= 11 is 0. The van der Waals surface area contributed by atoms with Gasteiger partial charge in [-0.15, -0.1) is 0 Å². The van der Waals surface area contributed by atoms with E-state index in [1.165, 1.54) is 13.1 Å². The molecule has 0 bridgehead atoms. The molecule has 3 aromatic heterocycles. The van der Waals surface area contributed by atoms with E-state index in [4.69, 9.17) is 5.73 Å². The lowest BCUT2D eigenvalue weighted by atomic mass is 9.98. The predicted molar refractivity (Wildman–Crippen MR) is 109 cm³/mol. The zero-order valence-electron chi connectivity index (χ0n) is 15.0. The Morgan fingerprint density at radius 3 is 2.43 bits per heavy atom. The van der Waals surface area contributed by atoms with Crippen LogP contribution in [-0.4, -0.2) is 30.4 Å². The van der Waals surface area contributed by atoms with Crippen LogP contribution in [0, 0.1) is 0 Å². The second-order valence-electron chi connectivity index (χ2n) is 6.14. The Hall–Kier alpha value is -3.36. The van der Waals surface area contributed by atoms with Gasteiger partial charge >= 0.3 is 0 Å². The summed E-state index contributed by atoms with van der Waals surface area (Å²) in [7, 11) is -2.37. The quantitative estimate of drug-likeness (QED) is 0.553. The first-order valence-electron chi connectivity index (χ1n) is 8.48. The Morgan fingerprint density at radius 1 is 0.893 bits per heavy atom. The minimum Gasteiger partial charge on any atom is -0.383 e. The average Bonchev–Trinajstić information content (AvgIpc) is 2.74. The van der Waals surface area contributed by atoms with Crippen LogP contribution in [0.15, 0.2) is 72.1 Å². The van der Waals surface area contributed by atoms with E-state index in [-0.39, 0.29) is 10.7 Å². The zero-order valence-corrected chi connectivity index (χ0v) is 15.8. The molecule has 140 valence electrons. The molecule has 0 saturated heterocycles. The Labute approximate surface area is 162 Å². The van der Waals surface area contributed by atoms with Crippen LogP contribution in [0.5, 0.6) is 0 Å². The second-order valence-corrected chi connectivity index (χ2v) is 8.00. The van der Waals surface area contributed by atoms with Crippen LogP contribution in [0.1, 0.15) is 0 Å². The third-order valence-corrected chi connectivity index (χ3v) is 5.95. The third kappa shape index (κ3) is 3.19. The molecule has 0 radical (unpaired) electrons. The normalized spacial score (nSPS) is 11.6. The van der Waals surface area contributed by atoms with Gasteiger partial charge in [-0.3, -0.25) is 9.97 Å². The van der Waals surface area contributed by atoms with Crippen LogP contribution in [0.25, 0.3) is 33.2 Å². The summed E-state index contributed by atoms with van der Waals surface area (Å²) in [5.74, 6) is -0.0435. The maximum atomic E-state index is 12.2. The van der Waals surface area contributed by atoms with Gasteiger partial charge in [0.25, 0.3) is 0 Å². The predicted octanol–water partition coefficient (Wildman–Crippen LogP) is 2.85. The van der Waals surface area contributed by atoms with Crippen LogP contribution in [-0.2, 0) is 10.0 Å². The third-order valence-electron chi connectivity index (χ3n) is 4.51.